The number of aromatic nitrogens is 1. The first kappa shape index (κ1) is 19.1. The molecule has 6 nitrogen and oxygen atoms in total. The van der Waals surface area contributed by atoms with Crippen LogP contribution in [0, 0.1) is 5.92 Å². The third kappa shape index (κ3) is 3.44. The normalized spacial score (nSPS) is 24.0. The Labute approximate surface area is 176 Å². The van der Waals surface area contributed by atoms with Gasteiger partial charge in [-0.15, -0.1) is 0 Å². The molecule has 1 amide bonds. The van der Waals surface area contributed by atoms with E-state index < -0.39 is 5.97 Å². The lowest BCUT2D eigenvalue weighted by Crippen LogP contribution is -2.30. The van der Waals surface area contributed by atoms with E-state index in [4.69, 9.17) is 4.98 Å². The van der Waals surface area contributed by atoms with Crippen LogP contribution in [0.15, 0.2) is 36.4 Å². The van der Waals surface area contributed by atoms with E-state index >= 15 is 0 Å². The van der Waals surface area contributed by atoms with Crippen molar-refractivity contribution in [1.29, 1.82) is 0 Å². The maximum Gasteiger partial charge on any atom is 0.303 e. The topological polar surface area (TPSA) is 82.5 Å². The maximum atomic E-state index is 12.9. The lowest BCUT2D eigenvalue weighted by atomic mass is 9.87. The molecule has 0 bridgehead atoms. The molecule has 2 aromatic rings. The van der Waals surface area contributed by atoms with E-state index in [1.165, 1.54) is 11.1 Å². The quantitative estimate of drug-likeness (QED) is 0.798. The lowest BCUT2D eigenvalue weighted by molar-refractivity contribution is -0.137. The highest BCUT2D eigenvalue weighted by molar-refractivity contribution is 5.77. The highest BCUT2D eigenvalue weighted by atomic mass is 16.4. The summed E-state index contributed by atoms with van der Waals surface area (Å²) in [5.74, 6) is 0.787. The Morgan fingerprint density at radius 1 is 1.13 bits per heavy atom. The molecule has 156 valence electrons. The number of pyridine rings is 1. The van der Waals surface area contributed by atoms with Gasteiger partial charge in [-0.25, -0.2) is 4.98 Å². The Bertz CT molecular complexity index is 989. The van der Waals surface area contributed by atoms with Crippen molar-refractivity contribution in [1.82, 2.24) is 9.88 Å². The standard InChI is InChI=1S/C24H27N3O3/c28-22(10-9-16-8-7-15-4-3-11-25-24(15)26-16)27-13-20-18-6-2-1-5-17(18)19(12-23(29)30)21(20)14-27/h1-2,5-8,19-21H,3-4,9-14H2,(H,25,26)(H,29,30)/t19-,20-,21+/m0/s1. The molecule has 2 N–H and O–H groups in total. The smallest absolute Gasteiger partial charge is 0.303 e. The number of hydrogen-bond acceptors (Lipinski definition) is 4. The Balaban J connectivity index is 1.26. The predicted molar refractivity (Wildman–Crippen MR) is 114 cm³/mol. The number of rotatable bonds is 5. The number of nitrogens with one attached hydrogen (secondary N) is 1. The Hall–Kier alpha value is -2.89. The van der Waals surface area contributed by atoms with Crippen molar-refractivity contribution in [2.45, 2.75) is 43.9 Å². The van der Waals surface area contributed by atoms with E-state index in [-0.39, 0.29) is 30.1 Å². The number of carbonyl (C=O) groups excluding carboxylic acids is 1. The number of carbonyl (C=O) groups is 2. The number of aryl methyl sites for hydroxylation is 2. The van der Waals surface area contributed by atoms with Crippen LogP contribution in [0.2, 0.25) is 0 Å². The zero-order valence-corrected chi connectivity index (χ0v) is 17.0. The molecule has 5 rings (SSSR count). The molecular weight excluding hydrogens is 378 g/mol. The Morgan fingerprint density at radius 2 is 1.97 bits per heavy atom. The molecule has 1 aromatic carbocycles. The summed E-state index contributed by atoms with van der Waals surface area (Å²) < 4.78 is 0. The second kappa shape index (κ2) is 7.74. The SMILES string of the molecule is O=C(O)C[C@H]1c2ccccc2[C@@H]2CN(C(=O)CCc3ccc4c(n3)NCCC4)C[C@H]12. The largest absolute Gasteiger partial charge is 0.481 e. The third-order valence-electron chi connectivity index (χ3n) is 6.97. The first-order valence-electron chi connectivity index (χ1n) is 10.9. The molecule has 0 radical (unpaired) electrons. The third-order valence-corrected chi connectivity index (χ3v) is 6.97. The summed E-state index contributed by atoms with van der Waals surface area (Å²) in [4.78, 5) is 31.0. The van der Waals surface area contributed by atoms with Gasteiger partial charge < -0.3 is 15.3 Å². The lowest BCUT2D eigenvalue weighted by Gasteiger charge is -2.21. The molecule has 30 heavy (non-hydrogen) atoms. The van der Waals surface area contributed by atoms with Crippen LogP contribution in [-0.2, 0) is 22.4 Å². The summed E-state index contributed by atoms with van der Waals surface area (Å²) in [5.41, 5.74) is 4.59. The zero-order chi connectivity index (χ0) is 20.7. The van der Waals surface area contributed by atoms with Crippen LogP contribution < -0.4 is 5.32 Å². The van der Waals surface area contributed by atoms with Gasteiger partial charge in [-0.05, 0) is 53.9 Å². The predicted octanol–water partition coefficient (Wildman–Crippen LogP) is 3.19. The molecule has 1 aromatic heterocycles. The van der Waals surface area contributed by atoms with Crippen LogP contribution in [0.1, 0.15) is 53.5 Å². The fourth-order valence-corrected chi connectivity index (χ4v) is 5.54. The Morgan fingerprint density at radius 3 is 2.80 bits per heavy atom. The number of fused-ring (bicyclic) bond motifs is 4. The second-order valence-electron chi connectivity index (χ2n) is 8.74. The molecule has 1 aliphatic carbocycles. The van der Waals surface area contributed by atoms with Crippen molar-refractivity contribution in [2.75, 3.05) is 25.0 Å². The molecular formula is C24H27N3O3. The maximum absolute atomic E-state index is 12.9. The molecule has 6 heteroatoms. The molecule has 2 aliphatic heterocycles. The summed E-state index contributed by atoms with van der Waals surface area (Å²) in [6, 6.07) is 12.3. The average Bonchev–Trinajstić information content (AvgIpc) is 3.31. The minimum Gasteiger partial charge on any atom is -0.481 e. The average molecular weight is 405 g/mol. The van der Waals surface area contributed by atoms with E-state index in [0.29, 0.717) is 25.9 Å². The fraction of sp³-hybridized carbons (Fsp3) is 0.458. The number of anilines is 1. The van der Waals surface area contributed by atoms with Gasteiger partial charge in [-0.1, -0.05) is 30.3 Å². The Kier molecular flexibility index (Phi) is 4.93. The first-order valence-corrected chi connectivity index (χ1v) is 10.9. The molecule has 3 aliphatic rings. The van der Waals surface area contributed by atoms with Crippen LogP contribution in [0.5, 0.6) is 0 Å². The molecule has 1 saturated heterocycles. The highest BCUT2D eigenvalue weighted by Gasteiger charge is 2.47. The van der Waals surface area contributed by atoms with Crippen molar-refractivity contribution in [2.24, 2.45) is 5.92 Å². The number of nitrogens with zero attached hydrogens (tertiary/aromatic N) is 2. The van der Waals surface area contributed by atoms with Crippen LogP contribution in [0.25, 0.3) is 0 Å². The summed E-state index contributed by atoms with van der Waals surface area (Å²) in [5, 5.41) is 12.7. The summed E-state index contributed by atoms with van der Waals surface area (Å²) in [6.45, 7) is 2.29. The summed E-state index contributed by atoms with van der Waals surface area (Å²) in [7, 11) is 0. The van der Waals surface area contributed by atoms with Crippen molar-refractivity contribution in [3.8, 4) is 0 Å². The van der Waals surface area contributed by atoms with E-state index in [0.717, 1.165) is 36.5 Å². The van der Waals surface area contributed by atoms with Gasteiger partial charge in [0.1, 0.15) is 5.82 Å². The molecule has 3 heterocycles. The van der Waals surface area contributed by atoms with Gasteiger partial charge >= 0.3 is 5.97 Å². The van der Waals surface area contributed by atoms with Crippen LogP contribution in [0.4, 0.5) is 5.82 Å². The van der Waals surface area contributed by atoms with Crippen LogP contribution in [0.3, 0.4) is 0 Å². The minimum absolute atomic E-state index is 0.00473. The highest BCUT2D eigenvalue weighted by Crippen LogP contribution is 2.51. The van der Waals surface area contributed by atoms with Gasteiger partial charge in [0.25, 0.3) is 0 Å². The number of aliphatic carboxylic acids is 1. The molecule has 1 fully saturated rings. The molecule has 0 unspecified atom stereocenters. The number of benzene rings is 1. The van der Waals surface area contributed by atoms with Crippen LogP contribution >= 0.6 is 0 Å². The van der Waals surface area contributed by atoms with E-state index in [1.54, 1.807) is 0 Å². The molecule has 0 spiro atoms. The van der Waals surface area contributed by atoms with Crippen molar-refractivity contribution < 1.29 is 14.7 Å². The fourth-order valence-electron chi connectivity index (χ4n) is 5.54. The van der Waals surface area contributed by atoms with E-state index in [9.17, 15) is 14.7 Å². The summed E-state index contributed by atoms with van der Waals surface area (Å²) in [6.07, 6.45) is 3.40. The minimum atomic E-state index is -0.771. The molecule has 3 atom stereocenters. The van der Waals surface area contributed by atoms with Crippen LogP contribution in [-0.4, -0.2) is 46.5 Å². The van der Waals surface area contributed by atoms with Gasteiger partial charge in [-0.2, -0.15) is 0 Å². The number of hydrogen-bond donors (Lipinski definition) is 2. The van der Waals surface area contributed by atoms with Crippen molar-refractivity contribution in [3.63, 3.8) is 0 Å². The van der Waals surface area contributed by atoms with Gasteiger partial charge in [0, 0.05) is 37.7 Å². The first-order chi connectivity index (χ1) is 14.6. The van der Waals surface area contributed by atoms with Gasteiger partial charge in [0.2, 0.25) is 5.91 Å². The van der Waals surface area contributed by atoms with Gasteiger partial charge in [-0.3, -0.25) is 9.59 Å². The molecule has 0 saturated carbocycles. The summed E-state index contributed by atoms with van der Waals surface area (Å²) >= 11 is 0. The van der Waals surface area contributed by atoms with Crippen molar-refractivity contribution >= 4 is 17.7 Å². The monoisotopic (exact) mass is 405 g/mol. The number of likely N-dealkylation sites (tertiary alicyclic amines) is 1. The second-order valence-corrected chi connectivity index (χ2v) is 8.74. The zero-order valence-electron chi connectivity index (χ0n) is 17.0. The number of carboxylic acid groups (broad SMARTS) is 1. The van der Waals surface area contributed by atoms with E-state index in [2.05, 4.69) is 23.5 Å². The number of amides is 1. The number of carboxylic acids is 1. The van der Waals surface area contributed by atoms with Crippen molar-refractivity contribution in [3.05, 3.63) is 58.8 Å². The van der Waals surface area contributed by atoms with Gasteiger partial charge in [0.15, 0.2) is 0 Å². The van der Waals surface area contributed by atoms with Gasteiger partial charge in [0.05, 0.1) is 6.42 Å². The van der Waals surface area contributed by atoms with E-state index in [1.807, 2.05) is 23.1 Å².